The van der Waals surface area contributed by atoms with E-state index in [0.29, 0.717) is 25.5 Å². The molecule has 2 aromatic rings. The number of methoxy groups -OCH3 is 1. The molecule has 0 spiro atoms. The average molecular weight is 447 g/mol. The van der Waals surface area contributed by atoms with E-state index in [4.69, 9.17) is 9.15 Å². The van der Waals surface area contributed by atoms with Gasteiger partial charge in [-0.05, 0) is 42.7 Å². The van der Waals surface area contributed by atoms with E-state index in [2.05, 4.69) is 6.92 Å². The summed E-state index contributed by atoms with van der Waals surface area (Å²) in [4.78, 5) is 29.8. The number of unbranched alkanes of at least 4 members (excludes halogenated alkanes) is 1. The lowest BCUT2D eigenvalue weighted by atomic mass is 9.97. The molecule has 0 aliphatic rings. The van der Waals surface area contributed by atoms with Crippen molar-refractivity contribution in [3.63, 3.8) is 0 Å². The largest absolute Gasteiger partial charge is 0.467 e. The summed E-state index contributed by atoms with van der Waals surface area (Å²) in [7, 11) is 1.58. The second-order valence-corrected chi connectivity index (χ2v) is 7.96. The first kappa shape index (κ1) is 25.6. The number of amides is 2. The number of furan rings is 1. The van der Waals surface area contributed by atoms with E-state index in [1.165, 1.54) is 12.1 Å². The molecular formula is C25H35FN2O4. The molecule has 1 aromatic heterocycles. The van der Waals surface area contributed by atoms with E-state index in [0.717, 1.165) is 31.2 Å². The maximum Gasteiger partial charge on any atom is 0.242 e. The maximum absolute atomic E-state index is 13.3. The molecule has 0 saturated carbocycles. The first-order valence-corrected chi connectivity index (χ1v) is 11.3. The molecule has 2 amide bonds. The summed E-state index contributed by atoms with van der Waals surface area (Å²) in [6.45, 7) is 5.35. The number of carbonyl (C=O) groups is 2. The molecule has 0 bridgehead atoms. The van der Waals surface area contributed by atoms with E-state index in [1.807, 2.05) is 6.92 Å². The quantitative estimate of drug-likeness (QED) is 0.424. The van der Waals surface area contributed by atoms with Crippen molar-refractivity contribution in [2.24, 2.45) is 5.92 Å². The van der Waals surface area contributed by atoms with Crippen LogP contribution in [0.4, 0.5) is 4.39 Å². The topological polar surface area (TPSA) is 63.0 Å². The van der Waals surface area contributed by atoms with Crippen molar-refractivity contribution >= 4 is 11.8 Å². The van der Waals surface area contributed by atoms with Gasteiger partial charge in [0, 0.05) is 26.1 Å². The number of carbonyl (C=O) groups excluding carboxylic acids is 2. The van der Waals surface area contributed by atoms with Gasteiger partial charge in [0.15, 0.2) is 0 Å². The lowest BCUT2D eigenvalue weighted by Crippen LogP contribution is -2.45. The molecule has 0 unspecified atom stereocenters. The predicted molar refractivity (Wildman–Crippen MR) is 121 cm³/mol. The second-order valence-electron chi connectivity index (χ2n) is 7.96. The predicted octanol–water partition coefficient (Wildman–Crippen LogP) is 4.64. The molecule has 1 atom stereocenters. The number of halogens is 1. The number of benzene rings is 1. The van der Waals surface area contributed by atoms with Gasteiger partial charge >= 0.3 is 0 Å². The summed E-state index contributed by atoms with van der Waals surface area (Å²) >= 11 is 0. The molecule has 0 radical (unpaired) electrons. The molecule has 0 aliphatic carbocycles. The average Bonchev–Trinajstić information content (AvgIpc) is 3.31. The van der Waals surface area contributed by atoms with Crippen LogP contribution >= 0.6 is 0 Å². The van der Waals surface area contributed by atoms with Gasteiger partial charge in [-0.2, -0.15) is 0 Å². The third-order valence-corrected chi connectivity index (χ3v) is 5.52. The zero-order valence-corrected chi connectivity index (χ0v) is 19.4. The van der Waals surface area contributed by atoms with Gasteiger partial charge in [-0.1, -0.05) is 38.8 Å². The Balaban J connectivity index is 2.17. The van der Waals surface area contributed by atoms with E-state index in [9.17, 15) is 14.0 Å². The molecular weight excluding hydrogens is 411 g/mol. The van der Waals surface area contributed by atoms with Crippen LogP contribution < -0.4 is 0 Å². The lowest BCUT2D eigenvalue weighted by Gasteiger charge is -2.29. The van der Waals surface area contributed by atoms with Gasteiger partial charge in [0.2, 0.25) is 11.8 Å². The summed E-state index contributed by atoms with van der Waals surface area (Å²) in [6.07, 6.45) is 5.11. The Kier molecular flexibility index (Phi) is 10.9. The Bertz CT molecular complexity index is 808. The van der Waals surface area contributed by atoms with E-state index >= 15 is 0 Å². The van der Waals surface area contributed by atoms with Crippen LogP contribution in [0.1, 0.15) is 50.9 Å². The molecule has 176 valence electrons. The van der Waals surface area contributed by atoms with Crippen LogP contribution in [0.3, 0.4) is 0 Å². The highest BCUT2D eigenvalue weighted by Gasteiger charge is 2.26. The van der Waals surface area contributed by atoms with Crippen molar-refractivity contribution in [3.8, 4) is 0 Å². The zero-order valence-electron chi connectivity index (χ0n) is 19.4. The number of hydrogen-bond donors (Lipinski definition) is 0. The fraction of sp³-hybridized carbons (Fsp3) is 0.520. The Morgan fingerprint density at radius 1 is 1.09 bits per heavy atom. The van der Waals surface area contributed by atoms with Crippen LogP contribution in [0, 0.1) is 11.7 Å². The molecule has 6 nitrogen and oxygen atoms in total. The fourth-order valence-corrected chi connectivity index (χ4v) is 3.58. The number of nitrogens with zero attached hydrogens (tertiary/aromatic N) is 2. The standard InChI is InChI=1S/C25H35FN2O4/c1-4-6-8-21(5-2)25(30)27(14-16-31-3)19-24(29)28(18-23-9-7-15-32-23)17-20-10-12-22(26)13-11-20/h7,9-13,15,21H,4-6,8,14,16-19H2,1-3H3/t21-/m0/s1. The molecule has 0 saturated heterocycles. The fourth-order valence-electron chi connectivity index (χ4n) is 3.58. The Labute approximate surface area is 190 Å². The zero-order chi connectivity index (χ0) is 23.3. The minimum atomic E-state index is -0.327. The lowest BCUT2D eigenvalue weighted by molar-refractivity contribution is -0.144. The number of ether oxygens (including phenoxy) is 1. The van der Waals surface area contributed by atoms with Gasteiger partial charge in [-0.15, -0.1) is 0 Å². The van der Waals surface area contributed by atoms with Crippen LogP contribution in [0.15, 0.2) is 47.1 Å². The molecule has 0 aliphatic heterocycles. The Hall–Kier alpha value is -2.67. The highest BCUT2D eigenvalue weighted by atomic mass is 19.1. The minimum Gasteiger partial charge on any atom is -0.467 e. The molecule has 0 N–H and O–H groups in total. The highest BCUT2D eigenvalue weighted by molar-refractivity contribution is 5.86. The summed E-state index contributed by atoms with van der Waals surface area (Å²) in [6, 6.07) is 9.63. The number of hydrogen-bond acceptors (Lipinski definition) is 4. The summed E-state index contributed by atoms with van der Waals surface area (Å²) in [5.74, 6) is 0.0122. The molecule has 32 heavy (non-hydrogen) atoms. The summed E-state index contributed by atoms with van der Waals surface area (Å²) in [5, 5.41) is 0. The van der Waals surface area contributed by atoms with Crippen LogP contribution in [0.5, 0.6) is 0 Å². The van der Waals surface area contributed by atoms with E-state index < -0.39 is 0 Å². The minimum absolute atomic E-state index is 0.00826. The first-order valence-electron chi connectivity index (χ1n) is 11.3. The van der Waals surface area contributed by atoms with Crippen molar-refractivity contribution in [1.29, 1.82) is 0 Å². The third kappa shape index (κ3) is 8.11. The van der Waals surface area contributed by atoms with Crippen LogP contribution in [-0.2, 0) is 27.4 Å². The van der Waals surface area contributed by atoms with Gasteiger partial charge in [0.1, 0.15) is 11.6 Å². The van der Waals surface area contributed by atoms with Crippen LogP contribution in [0.2, 0.25) is 0 Å². The van der Waals surface area contributed by atoms with E-state index in [-0.39, 0.29) is 36.6 Å². The normalized spacial score (nSPS) is 11.9. The maximum atomic E-state index is 13.3. The SMILES string of the molecule is CCCC[C@H](CC)C(=O)N(CCOC)CC(=O)N(Cc1ccc(F)cc1)Cc1ccco1. The molecule has 1 aromatic carbocycles. The van der Waals surface area contributed by atoms with Gasteiger partial charge in [-0.25, -0.2) is 4.39 Å². The van der Waals surface area contributed by atoms with Crippen LogP contribution in [-0.4, -0.2) is 48.4 Å². The van der Waals surface area contributed by atoms with Crippen molar-refractivity contribution in [3.05, 3.63) is 59.8 Å². The molecule has 0 fully saturated rings. The van der Waals surface area contributed by atoms with E-state index in [1.54, 1.807) is 47.4 Å². The molecule has 1 heterocycles. The van der Waals surface area contributed by atoms with Gasteiger partial charge in [0.25, 0.3) is 0 Å². The first-order chi connectivity index (χ1) is 15.5. The smallest absolute Gasteiger partial charge is 0.242 e. The van der Waals surface area contributed by atoms with Gasteiger partial charge in [-0.3, -0.25) is 9.59 Å². The third-order valence-electron chi connectivity index (χ3n) is 5.52. The Morgan fingerprint density at radius 2 is 1.84 bits per heavy atom. The van der Waals surface area contributed by atoms with Gasteiger partial charge in [0.05, 0.1) is 26.0 Å². The van der Waals surface area contributed by atoms with Crippen molar-refractivity contribution in [1.82, 2.24) is 9.80 Å². The summed E-state index contributed by atoms with van der Waals surface area (Å²) < 4.78 is 23.9. The van der Waals surface area contributed by atoms with Crippen molar-refractivity contribution in [2.45, 2.75) is 52.6 Å². The monoisotopic (exact) mass is 446 g/mol. The van der Waals surface area contributed by atoms with Crippen LogP contribution in [0.25, 0.3) is 0 Å². The highest BCUT2D eigenvalue weighted by Crippen LogP contribution is 2.17. The molecule has 7 heteroatoms. The Morgan fingerprint density at radius 3 is 2.44 bits per heavy atom. The second kappa shape index (κ2) is 13.7. The van der Waals surface area contributed by atoms with Gasteiger partial charge < -0.3 is 19.0 Å². The van der Waals surface area contributed by atoms with Crippen molar-refractivity contribution in [2.75, 3.05) is 26.8 Å². The molecule has 2 rings (SSSR count). The summed E-state index contributed by atoms with van der Waals surface area (Å²) in [5.41, 5.74) is 0.801. The van der Waals surface area contributed by atoms with Crippen molar-refractivity contribution < 1.29 is 23.1 Å². The number of rotatable bonds is 14.